The first-order chi connectivity index (χ1) is 10.3. The van der Waals surface area contributed by atoms with E-state index >= 15 is 0 Å². The fourth-order valence-corrected chi connectivity index (χ4v) is 4.07. The van der Waals surface area contributed by atoms with Gasteiger partial charge in [0.1, 0.15) is 13.2 Å². The van der Waals surface area contributed by atoms with Crippen LogP contribution in [0.25, 0.3) is 0 Å². The SMILES string of the molecule is COC1C[C@H]2CC[C@@H](C1)N2Cc1ccc2c(c1)OCCO2. The van der Waals surface area contributed by atoms with Gasteiger partial charge in [0.25, 0.3) is 0 Å². The van der Waals surface area contributed by atoms with Gasteiger partial charge in [0, 0.05) is 25.7 Å². The zero-order chi connectivity index (χ0) is 14.2. The molecule has 0 spiro atoms. The Morgan fingerprint density at radius 2 is 1.81 bits per heavy atom. The van der Waals surface area contributed by atoms with E-state index < -0.39 is 0 Å². The number of ether oxygens (including phenoxy) is 3. The molecule has 4 nitrogen and oxygen atoms in total. The lowest BCUT2D eigenvalue weighted by Gasteiger charge is -2.38. The Morgan fingerprint density at radius 1 is 1.10 bits per heavy atom. The summed E-state index contributed by atoms with van der Waals surface area (Å²) < 4.78 is 16.9. The van der Waals surface area contributed by atoms with Gasteiger partial charge in [0.2, 0.25) is 0 Å². The van der Waals surface area contributed by atoms with Gasteiger partial charge in [-0.15, -0.1) is 0 Å². The normalized spacial score (nSPS) is 31.4. The highest BCUT2D eigenvalue weighted by Crippen LogP contribution is 2.38. The van der Waals surface area contributed by atoms with Crippen LogP contribution in [0.3, 0.4) is 0 Å². The van der Waals surface area contributed by atoms with Gasteiger partial charge in [-0.05, 0) is 43.4 Å². The molecule has 3 aliphatic heterocycles. The van der Waals surface area contributed by atoms with E-state index in [1.54, 1.807) is 0 Å². The van der Waals surface area contributed by atoms with Gasteiger partial charge in [-0.2, -0.15) is 0 Å². The number of hydrogen-bond donors (Lipinski definition) is 0. The lowest BCUT2D eigenvalue weighted by atomic mass is 9.99. The molecular formula is C17H23NO3. The molecule has 4 rings (SSSR count). The van der Waals surface area contributed by atoms with Crippen LogP contribution in [-0.4, -0.2) is 43.4 Å². The van der Waals surface area contributed by atoms with Crippen molar-refractivity contribution in [3.63, 3.8) is 0 Å². The largest absolute Gasteiger partial charge is 0.486 e. The van der Waals surface area contributed by atoms with Crippen LogP contribution in [0, 0.1) is 0 Å². The zero-order valence-corrected chi connectivity index (χ0v) is 12.6. The highest BCUT2D eigenvalue weighted by atomic mass is 16.6. The topological polar surface area (TPSA) is 30.9 Å². The van der Waals surface area contributed by atoms with Crippen LogP contribution in [-0.2, 0) is 11.3 Å². The first-order valence-electron chi connectivity index (χ1n) is 8.00. The molecule has 0 amide bonds. The Labute approximate surface area is 126 Å². The van der Waals surface area contributed by atoms with Crippen molar-refractivity contribution in [2.45, 2.75) is 50.4 Å². The molecule has 0 saturated carbocycles. The van der Waals surface area contributed by atoms with Crippen LogP contribution in [0.5, 0.6) is 11.5 Å². The van der Waals surface area contributed by atoms with Crippen molar-refractivity contribution in [2.75, 3.05) is 20.3 Å². The van der Waals surface area contributed by atoms with E-state index in [2.05, 4.69) is 17.0 Å². The number of benzene rings is 1. The van der Waals surface area contributed by atoms with Crippen molar-refractivity contribution < 1.29 is 14.2 Å². The second-order valence-electron chi connectivity index (χ2n) is 6.36. The molecule has 3 heterocycles. The Hall–Kier alpha value is -1.26. The number of fused-ring (bicyclic) bond motifs is 3. The van der Waals surface area contributed by atoms with E-state index in [-0.39, 0.29) is 0 Å². The maximum Gasteiger partial charge on any atom is 0.161 e. The van der Waals surface area contributed by atoms with Crippen molar-refractivity contribution in [1.82, 2.24) is 4.90 Å². The summed E-state index contributed by atoms with van der Waals surface area (Å²) in [5.74, 6) is 1.78. The smallest absolute Gasteiger partial charge is 0.161 e. The third-order valence-corrected chi connectivity index (χ3v) is 5.15. The molecule has 4 heteroatoms. The minimum absolute atomic E-state index is 0.457. The van der Waals surface area contributed by atoms with E-state index in [9.17, 15) is 0 Å². The molecule has 2 fully saturated rings. The predicted octanol–water partition coefficient (Wildman–Crippen LogP) is 2.60. The minimum Gasteiger partial charge on any atom is -0.486 e. The second-order valence-corrected chi connectivity index (χ2v) is 6.36. The number of rotatable bonds is 3. The molecule has 1 unspecified atom stereocenters. The minimum atomic E-state index is 0.457. The molecule has 2 bridgehead atoms. The van der Waals surface area contributed by atoms with E-state index in [0.29, 0.717) is 31.4 Å². The highest BCUT2D eigenvalue weighted by molar-refractivity contribution is 5.43. The molecule has 0 aliphatic carbocycles. The fourth-order valence-electron chi connectivity index (χ4n) is 4.07. The van der Waals surface area contributed by atoms with E-state index in [4.69, 9.17) is 14.2 Å². The molecule has 2 saturated heterocycles. The summed E-state index contributed by atoms with van der Waals surface area (Å²) in [5.41, 5.74) is 1.33. The Bertz CT molecular complexity index is 505. The summed E-state index contributed by atoms with van der Waals surface area (Å²) in [6.07, 6.45) is 5.44. The number of piperidine rings is 1. The Morgan fingerprint density at radius 3 is 2.52 bits per heavy atom. The van der Waals surface area contributed by atoms with E-state index in [1.165, 1.54) is 31.2 Å². The van der Waals surface area contributed by atoms with Crippen LogP contribution in [0.1, 0.15) is 31.2 Å². The zero-order valence-electron chi connectivity index (χ0n) is 12.6. The molecule has 1 aromatic rings. The van der Waals surface area contributed by atoms with Crippen LogP contribution in [0.2, 0.25) is 0 Å². The number of hydrogen-bond acceptors (Lipinski definition) is 4. The predicted molar refractivity (Wildman–Crippen MR) is 79.8 cm³/mol. The summed E-state index contributed by atoms with van der Waals surface area (Å²) in [6, 6.07) is 7.74. The monoisotopic (exact) mass is 289 g/mol. The van der Waals surface area contributed by atoms with E-state index in [0.717, 1.165) is 18.0 Å². The van der Waals surface area contributed by atoms with Gasteiger partial charge in [-0.3, -0.25) is 4.90 Å². The maximum absolute atomic E-state index is 5.69. The first kappa shape index (κ1) is 13.4. The number of methoxy groups -OCH3 is 1. The number of nitrogens with zero attached hydrogens (tertiary/aromatic N) is 1. The van der Waals surface area contributed by atoms with Gasteiger partial charge in [0.05, 0.1) is 6.10 Å². The summed E-state index contributed by atoms with van der Waals surface area (Å²) in [7, 11) is 1.85. The molecule has 21 heavy (non-hydrogen) atoms. The molecule has 0 aromatic heterocycles. The molecule has 114 valence electrons. The van der Waals surface area contributed by atoms with Crippen molar-refractivity contribution in [3.05, 3.63) is 23.8 Å². The van der Waals surface area contributed by atoms with Crippen molar-refractivity contribution in [2.24, 2.45) is 0 Å². The van der Waals surface area contributed by atoms with Crippen LogP contribution in [0.4, 0.5) is 0 Å². The third-order valence-electron chi connectivity index (χ3n) is 5.15. The highest BCUT2D eigenvalue weighted by Gasteiger charge is 2.40. The summed E-state index contributed by atoms with van der Waals surface area (Å²) in [5, 5.41) is 0. The van der Waals surface area contributed by atoms with Crippen molar-refractivity contribution in [1.29, 1.82) is 0 Å². The molecular weight excluding hydrogens is 266 g/mol. The van der Waals surface area contributed by atoms with Gasteiger partial charge in [0.15, 0.2) is 11.5 Å². The summed E-state index contributed by atoms with van der Waals surface area (Å²) >= 11 is 0. The maximum atomic E-state index is 5.69. The average molecular weight is 289 g/mol. The van der Waals surface area contributed by atoms with Crippen molar-refractivity contribution >= 4 is 0 Å². The first-order valence-corrected chi connectivity index (χ1v) is 8.00. The van der Waals surface area contributed by atoms with Crippen molar-refractivity contribution in [3.8, 4) is 11.5 Å². The lowest BCUT2D eigenvalue weighted by molar-refractivity contribution is 0.00247. The molecule has 0 N–H and O–H groups in total. The average Bonchev–Trinajstić information content (AvgIpc) is 2.76. The van der Waals surface area contributed by atoms with Gasteiger partial charge >= 0.3 is 0 Å². The third kappa shape index (κ3) is 2.51. The lowest BCUT2D eigenvalue weighted by Crippen LogP contribution is -2.44. The fraction of sp³-hybridized carbons (Fsp3) is 0.647. The summed E-state index contributed by atoms with van der Waals surface area (Å²) in [6.45, 7) is 2.32. The summed E-state index contributed by atoms with van der Waals surface area (Å²) in [4.78, 5) is 2.67. The molecule has 3 atom stereocenters. The van der Waals surface area contributed by atoms with Crippen LogP contribution < -0.4 is 9.47 Å². The quantitative estimate of drug-likeness (QED) is 0.856. The van der Waals surface area contributed by atoms with Crippen LogP contribution in [0.15, 0.2) is 18.2 Å². The second kappa shape index (κ2) is 5.50. The molecule has 0 radical (unpaired) electrons. The van der Waals surface area contributed by atoms with E-state index in [1.807, 2.05) is 13.2 Å². The Balaban J connectivity index is 1.49. The molecule has 1 aromatic carbocycles. The molecule has 3 aliphatic rings. The van der Waals surface area contributed by atoms with Gasteiger partial charge in [-0.25, -0.2) is 0 Å². The van der Waals surface area contributed by atoms with Crippen LogP contribution >= 0.6 is 0 Å². The van der Waals surface area contributed by atoms with Gasteiger partial charge < -0.3 is 14.2 Å². The van der Waals surface area contributed by atoms with Gasteiger partial charge in [-0.1, -0.05) is 6.07 Å². The standard InChI is InChI=1S/C17H23NO3/c1-19-15-9-13-3-4-14(10-15)18(13)11-12-2-5-16-17(8-12)21-7-6-20-16/h2,5,8,13-15H,3-4,6-7,9-11H2,1H3/t13-,14+,15?. The Kier molecular flexibility index (Phi) is 3.51.